The Morgan fingerprint density at radius 1 is 1.06 bits per heavy atom. The number of rotatable bonds is 2. The van der Waals surface area contributed by atoms with E-state index in [4.69, 9.17) is 4.79 Å². The van der Waals surface area contributed by atoms with Crippen LogP contribution in [0.3, 0.4) is 0 Å². The average molecular weight is 249 g/mol. The fourth-order valence-corrected chi connectivity index (χ4v) is 1.61. The van der Waals surface area contributed by atoms with Gasteiger partial charge in [0.2, 0.25) is 0 Å². The van der Waals surface area contributed by atoms with E-state index in [-0.39, 0.29) is 0 Å². The molecule has 102 valence electrons. The molecule has 1 heterocycles. The fraction of sp³-hybridized carbons (Fsp3) is 0.438. The van der Waals surface area contributed by atoms with Crippen molar-refractivity contribution in [1.82, 2.24) is 4.98 Å². The summed E-state index contributed by atoms with van der Waals surface area (Å²) in [6.45, 7) is 12.2. The summed E-state index contributed by atoms with van der Waals surface area (Å²) in [6.07, 6.45) is 4.50. The van der Waals surface area contributed by atoms with Crippen LogP contribution >= 0.6 is 0 Å². The lowest BCUT2D eigenvalue weighted by Gasteiger charge is -1.93. The second kappa shape index (κ2) is 13.5. The van der Waals surface area contributed by atoms with E-state index in [1.165, 1.54) is 29.3 Å². The number of hydrogen-bond acceptors (Lipinski definition) is 1. The maximum absolute atomic E-state index is 8.00. The Bertz CT molecular complexity index is 393. The van der Waals surface area contributed by atoms with Gasteiger partial charge in [-0.15, -0.1) is 0 Å². The van der Waals surface area contributed by atoms with Gasteiger partial charge in [0.25, 0.3) is 0 Å². The molecular weight excluding hydrogens is 222 g/mol. The number of nitrogens with one attached hydrogen (secondary N) is 1. The molecule has 0 fully saturated rings. The maximum atomic E-state index is 8.00. The molecule has 18 heavy (non-hydrogen) atoms. The van der Waals surface area contributed by atoms with E-state index in [0.717, 1.165) is 0 Å². The molecule has 0 radical (unpaired) electrons. The number of para-hydroxylation sites is 1. The summed E-state index contributed by atoms with van der Waals surface area (Å²) in [6, 6.07) is 8.45. The highest BCUT2D eigenvalue weighted by atomic mass is 16.1. The molecule has 0 aliphatic carbocycles. The molecule has 2 aromatic rings. The maximum Gasteiger partial charge on any atom is 0.106 e. The zero-order chi connectivity index (χ0) is 14.4. The molecule has 0 saturated heterocycles. The molecule has 0 amide bonds. The largest absolute Gasteiger partial charge is 0.361 e. The molecule has 1 aromatic heterocycles. The second-order valence-electron chi connectivity index (χ2n) is 3.11. The van der Waals surface area contributed by atoms with Crippen LogP contribution < -0.4 is 0 Å². The molecule has 0 aliphatic heterocycles. The van der Waals surface area contributed by atoms with Gasteiger partial charge in [0.1, 0.15) is 6.79 Å². The third kappa shape index (κ3) is 5.67. The van der Waals surface area contributed by atoms with Crippen LogP contribution in [0.5, 0.6) is 0 Å². The van der Waals surface area contributed by atoms with Crippen molar-refractivity contribution in [2.24, 2.45) is 0 Å². The smallest absolute Gasteiger partial charge is 0.106 e. The van der Waals surface area contributed by atoms with Gasteiger partial charge in [0.05, 0.1) is 0 Å². The Hall–Kier alpha value is -1.57. The van der Waals surface area contributed by atoms with Crippen LogP contribution in [0.2, 0.25) is 0 Å². The minimum atomic E-state index is 1.17. The number of benzene rings is 1. The minimum Gasteiger partial charge on any atom is -0.361 e. The first kappa shape index (κ1) is 18.8. The van der Waals surface area contributed by atoms with Crippen molar-refractivity contribution in [1.29, 1.82) is 0 Å². The van der Waals surface area contributed by atoms with Gasteiger partial charge < -0.3 is 9.78 Å². The molecule has 2 nitrogen and oxygen atoms in total. The standard InChI is InChI=1S/C11H13N.2C2H6.CH2O/c1-2-5-9-8-12-11-7-4-3-6-10(9)11;3*1-2/h3-4,6-8,12H,2,5H2,1H3;2*1-2H3;1H2. The highest BCUT2D eigenvalue weighted by Gasteiger charge is 1.99. The summed E-state index contributed by atoms with van der Waals surface area (Å²) in [5.74, 6) is 0. The predicted octanol–water partition coefficient (Wildman–Crippen LogP) is 4.99. The first-order chi connectivity index (χ1) is 8.92. The van der Waals surface area contributed by atoms with Crippen molar-refractivity contribution in [2.75, 3.05) is 0 Å². The summed E-state index contributed by atoms with van der Waals surface area (Å²) in [5, 5.41) is 1.37. The second-order valence-corrected chi connectivity index (χ2v) is 3.11. The Kier molecular flexibility index (Phi) is 14.1. The number of carbonyl (C=O) groups is 1. The van der Waals surface area contributed by atoms with E-state index in [1.807, 2.05) is 34.5 Å². The van der Waals surface area contributed by atoms with Gasteiger partial charge in [-0.1, -0.05) is 59.2 Å². The van der Waals surface area contributed by atoms with Crippen LogP contribution in [0, 0.1) is 0 Å². The average Bonchev–Trinajstić information content (AvgIpc) is 2.89. The van der Waals surface area contributed by atoms with E-state index in [1.54, 1.807) is 0 Å². The molecule has 0 unspecified atom stereocenters. The highest BCUT2D eigenvalue weighted by molar-refractivity contribution is 5.82. The van der Waals surface area contributed by atoms with Gasteiger partial charge in [-0.2, -0.15) is 0 Å². The molecule has 0 saturated carbocycles. The molecule has 0 bridgehead atoms. The third-order valence-electron chi connectivity index (χ3n) is 2.19. The number of aromatic nitrogens is 1. The van der Waals surface area contributed by atoms with E-state index in [9.17, 15) is 0 Å². The fourth-order valence-electron chi connectivity index (χ4n) is 1.61. The van der Waals surface area contributed by atoms with Crippen molar-refractivity contribution < 1.29 is 4.79 Å². The Balaban J connectivity index is 0. The van der Waals surface area contributed by atoms with Gasteiger partial charge in [-0.3, -0.25) is 0 Å². The molecular formula is C16H27NO. The van der Waals surface area contributed by atoms with Crippen LogP contribution in [0.25, 0.3) is 10.9 Å². The van der Waals surface area contributed by atoms with E-state index in [0.29, 0.717) is 0 Å². The number of aromatic amines is 1. The number of fused-ring (bicyclic) bond motifs is 1. The lowest BCUT2D eigenvalue weighted by Crippen LogP contribution is -1.77. The number of H-pyrrole nitrogens is 1. The summed E-state index contributed by atoms with van der Waals surface area (Å²) < 4.78 is 0. The van der Waals surface area contributed by atoms with Crippen LogP contribution in [0.4, 0.5) is 0 Å². The van der Waals surface area contributed by atoms with Gasteiger partial charge in [-0.05, 0) is 18.1 Å². The molecule has 0 spiro atoms. The highest BCUT2D eigenvalue weighted by Crippen LogP contribution is 2.18. The summed E-state index contributed by atoms with van der Waals surface area (Å²) in [5.41, 5.74) is 2.69. The Morgan fingerprint density at radius 3 is 2.17 bits per heavy atom. The topological polar surface area (TPSA) is 32.9 Å². The molecule has 2 heteroatoms. The lowest BCUT2D eigenvalue weighted by molar-refractivity contribution is -0.0979. The van der Waals surface area contributed by atoms with Crippen LogP contribution in [-0.2, 0) is 11.2 Å². The molecule has 0 atom stereocenters. The number of aryl methyl sites for hydroxylation is 1. The number of carbonyl (C=O) groups excluding carboxylic acids is 1. The first-order valence-corrected chi connectivity index (χ1v) is 6.75. The predicted molar refractivity (Wildman–Crippen MR) is 82.1 cm³/mol. The molecule has 1 aromatic carbocycles. The Morgan fingerprint density at radius 2 is 1.61 bits per heavy atom. The molecule has 0 aliphatic rings. The number of hydrogen-bond donors (Lipinski definition) is 1. The normalized spacial score (nSPS) is 8.06. The molecule has 1 N–H and O–H groups in total. The van der Waals surface area contributed by atoms with Gasteiger partial charge >= 0.3 is 0 Å². The first-order valence-electron chi connectivity index (χ1n) is 6.75. The van der Waals surface area contributed by atoms with E-state index in [2.05, 4.69) is 42.4 Å². The SMILES string of the molecule is C=O.CC.CC.CCCc1c[nH]c2ccccc12. The summed E-state index contributed by atoms with van der Waals surface area (Å²) >= 11 is 0. The lowest BCUT2D eigenvalue weighted by atomic mass is 10.1. The van der Waals surface area contributed by atoms with E-state index >= 15 is 0 Å². The van der Waals surface area contributed by atoms with Crippen LogP contribution in [0.1, 0.15) is 46.6 Å². The Labute approximate surface area is 111 Å². The molecule has 2 rings (SSSR count). The van der Waals surface area contributed by atoms with Crippen molar-refractivity contribution in [3.05, 3.63) is 36.0 Å². The van der Waals surface area contributed by atoms with Crippen molar-refractivity contribution in [2.45, 2.75) is 47.5 Å². The quantitative estimate of drug-likeness (QED) is 0.799. The zero-order valence-electron chi connectivity index (χ0n) is 12.4. The summed E-state index contributed by atoms with van der Waals surface area (Å²) in [7, 11) is 0. The third-order valence-corrected chi connectivity index (χ3v) is 2.19. The van der Waals surface area contributed by atoms with Crippen LogP contribution in [-0.4, -0.2) is 11.8 Å². The van der Waals surface area contributed by atoms with Crippen molar-refractivity contribution >= 4 is 17.7 Å². The van der Waals surface area contributed by atoms with Gasteiger partial charge in [0.15, 0.2) is 0 Å². The monoisotopic (exact) mass is 249 g/mol. The van der Waals surface area contributed by atoms with Crippen molar-refractivity contribution in [3.63, 3.8) is 0 Å². The summed E-state index contributed by atoms with van der Waals surface area (Å²) in [4.78, 5) is 11.3. The van der Waals surface area contributed by atoms with Gasteiger partial charge in [0, 0.05) is 17.1 Å². The zero-order valence-corrected chi connectivity index (χ0v) is 12.4. The van der Waals surface area contributed by atoms with Crippen molar-refractivity contribution in [3.8, 4) is 0 Å². The van der Waals surface area contributed by atoms with Gasteiger partial charge in [-0.25, -0.2) is 0 Å². The van der Waals surface area contributed by atoms with Crippen LogP contribution in [0.15, 0.2) is 30.5 Å². The minimum absolute atomic E-state index is 1.17. The van der Waals surface area contributed by atoms with E-state index < -0.39 is 0 Å².